The van der Waals surface area contributed by atoms with Gasteiger partial charge in [0.15, 0.2) is 0 Å². The summed E-state index contributed by atoms with van der Waals surface area (Å²) in [4.78, 5) is 28.1. The van der Waals surface area contributed by atoms with E-state index in [1.54, 1.807) is 5.57 Å². The summed E-state index contributed by atoms with van der Waals surface area (Å²) in [6.07, 6.45) is 13.8. The Bertz CT molecular complexity index is 978. The summed E-state index contributed by atoms with van der Waals surface area (Å²) in [5, 5.41) is 0. The van der Waals surface area contributed by atoms with Crippen LogP contribution in [0.3, 0.4) is 0 Å². The first-order valence-corrected chi connectivity index (χ1v) is 14.5. The Morgan fingerprint density at radius 2 is 1.54 bits per heavy atom. The van der Waals surface area contributed by atoms with Crippen LogP contribution in [0.25, 0.3) is 0 Å². The Morgan fingerprint density at radius 1 is 0.886 bits per heavy atom. The molecule has 0 bridgehead atoms. The van der Waals surface area contributed by atoms with E-state index in [-0.39, 0.29) is 27.1 Å². The fraction of sp³-hybridized carbons (Fsp3) is 0.875. The predicted octanol–water partition coefficient (Wildman–Crippen LogP) is 7.45. The summed E-state index contributed by atoms with van der Waals surface area (Å²) in [5.74, 6) is 2.45. The summed E-state index contributed by atoms with van der Waals surface area (Å²) < 4.78 is 0. The fourth-order valence-electron chi connectivity index (χ4n) is 10.9. The molecule has 35 heavy (non-hydrogen) atoms. The maximum atomic E-state index is 13.3. The molecule has 4 saturated carbocycles. The van der Waals surface area contributed by atoms with Gasteiger partial charge in [0.25, 0.3) is 0 Å². The highest BCUT2D eigenvalue weighted by Gasteiger charge is 2.68. The van der Waals surface area contributed by atoms with E-state index < -0.39 is 0 Å². The normalized spacial score (nSPS) is 50.7. The number of allylic oxidation sites excluding steroid dienone is 2. The van der Waals surface area contributed by atoms with E-state index in [9.17, 15) is 9.59 Å². The van der Waals surface area contributed by atoms with Crippen molar-refractivity contribution in [3.8, 4) is 0 Å². The zero-order valence-corrected chi connectivity index (χ0v) is 24.1. The lowest BCUT2D eigenvalue weighted by Gasteiger charge is -2.70. The maximum absolute atomic E-state index is 13.3. The minimum absolute atomic E-state index is 0.192. The Kier molecular flexibility index (Phi) is 5.45. The van der Waals surface area contributed by atoms with E-state index in [4.69, 9.17) is 0 Å². The number of hydrogen-bond acceptors (Lipinski definition) is 2. The van der Waals surface area contributed by atoms with Gasteiger partial charge in [-0.3, -0.25) is 9.59 Å². The van der Waals surface area contributed by atoms with Gasteiger partial charge < -0.3 is 4.90 Å². The quantitative estimate of drug-likeness (QED) is 0.365. The van der Waals surface area contributed by atoms with Crippen molar-refractivity contribution < 1.29 is 9.59 Å². The van der Waals surface area contributed by atoms with Crippen LogP contribution in [0.5, 0.6) is 0 Å². The SMILES string of the molecule is CN(C)C(=O)[C@]1(C)CC[C@]2(C)CC[C@]3(C)C(=CC[C@@H]4[C@@]5(C)CCC(=O)C(C)(C)[C@@H]5CC[C@]43C)[C@@H]2C1. The van der Waals surface area contributed by atoms with Crippen molar-refractivity contribution in [2.75, 3.05) is 14.1 Å². The smallest absolute Gasteiger partial charge is 0.228 e. The maximum Gasteiger partial charge on any atom is 0.228 e. The first-order chi connectivity index (χ1) is 16.1. The number of nitrogens with zero attached hydrogens (tertiary/aromatic N) is 1. The third-order valence-corrected chi connectivity index (χ3v) is 13.5. The van der Waals surface area contributed by atoms with E-state index >= 15 is 0 Å². The molecule has 0 aliphatic heterocycles. The Labute approximate surface area is 214 Å². The third-order valence-electron chi connectivity index (χ3n) is 13.5. The van der Waals surface area contributed by atoms with Crippen molar-refractivity contribution >= 4 is 11.7 Å². The van der Waals surface area contributed by atoms with Gasteiger partial charge in [0.2, 0.25) is 5.91 Å². The molecule has 0 aromatic heterocycles. The Balaban J connectivity index is 1.56. The largest absolute Gasteiger partial charge is 0.348 e. The first-order valence-electron chi connectivity index (χ1n) is 14.5. The lowest BCUT2D eigenvalue weighted by Crippen LogP contribution is -2.64. The summed E-state index contributed by atoms with van der Waals surface area (Å²) >= 11 is 0. The molecular weight excluding hydrogens is 430 g/mol. The monoisotopic (exact) mass is 481 g/mol. The minimum atomic E-state index is -0.248. The van der Waals surface area contributed by atoms with Crippen molar-refractivity contribution in [1.29, 1.82) is 0 Å². The number of amides is 1. The molecule has 4 fully saturated rings. The lowest BCUT2D eigenvalue weighted by atomic mass is 9.33. The van der Waals surface area contributed by atoms with E-state index in [0.717, 1.165) is 38.5 Å². The second-order valence-electron chi connectivity index (χ2n) is 15.6. The number of ketones is 1. The molecule has 0 heterocycles. The highest BCUT2D eigenvalue weighted by atomic mass is 16.2. The highest BCUT2D eigenvalue weighted by Crippen LogP contribution is 2.75. The number of carbonyl (C=O) groups excluding carboxylic acids is 2. The number of fused-ring (bicyclic) bond motifs is 7. The van der Waals surface area contributed by atoms with Crippen molar-refractivity contribution in [3.05, 3.63) is 11.6 Å². The van der Waals surface area contributed by atoms with Crippen LogP contribution >= 0.6 is 0 Å². The van der Waals surface area contributed by atoms with Crippen molar-refractivity contribution in [2.24, 2.45) is 50.2 Å². The van der Waals surface area contributed by atoms with Gasteiger partial charge in [0.1, 0.15) is 5.78 Å². The first kappa shape index (κ1) is 25.5. The van der Waals surface area contributed by atoms with E-state index in [1.165, 1.54) is 25.7 Å². The second kappa shape index (κ2) is 7.47. The number of carbonyl (C=O) groups is 2. The second-order valence-corrected chi connectivity index (χ2v) is 15.6. The fourth-order valence-corrected chi connectivity index (χ4v) is 10.9. The van der Waals surface area contributed by atoms with Crippen LogP contribution < -0.4 is 0 Å². The molecule has 0 aromatic carbocycles. The average Bonchev–Trinajstić information content (AvgIpc) is 2.78. The molecule has 5 rings (SSSR count). The summed E-state index contributed by atoms with van der Waals surface area (Å²) in [5.41, 5.74) is 2.28. The van der Waals surface area contributed by atoms with E-state index in [1.807, 2.05) is 19.0 Å². The van der Waals surface area contributed by atoms with Gasteiger partial charge in [-0.05, 0) is 97.2 Å². The van der Waals surface area contributed by atoms with E-state index in [2.05, 4.69) is 54.5 Å². The molecule has 0 radical (unpaired) electrons. The highest BCUT2D eigenvalue weighted by molar-refractivity contribution is 5.85. The molecular formula is C32H51NO2. The van der Waals surface area contributed by atoms with Gasteiger partial charge in [-0.15, -0.1) is 0 Å². The van der Waals surface area contributed by atoms with Gasteiger partial charge in [0, 0.05) is 31.3 Å². The summed E-state index contributed by atoms with van der Waals surface area (Å²) in [6, 6.07) is 0. The molecule has 1 amide bonds. The van der Waals surface area contributed by atoms with Crippen LogP contribution in [-0.4, -0.2) is 30.7 Å². The minimum Gasteiger partial charge on any atom is -0.348 e. The van der Waals surface area contributed by atoms with Crippen LogP contribution in [0.4, 0.5) is 0 Å². The van der Waals surface area contributed by atoms with Gasteiger partial charge in [-0.2, -0.15) is 0 Å². The molecule has 3 heteroatoms. The Hall–Kier alpha value is -1.12. The summed E-state index contributed by atoms with van der Waals surface area (Å²) in [7, 11) is 3.85. The van der Waals surface area contributed by atoms with Crippen molar-refractivity contribution in [1.82, 2.24) is 4.90 Å². The molecule has 5 aliphatic rings. The molecule has 0 saturated heterocycles. The van der Waals surface area contributed by atoms with Gasteiger partial charge in [-0.1, -0.05) is 60.1 Å². The van der Waals surface area contributed by atoms with E-state index in [0.29, 0.717) is 34.9 Å². The number of rotatable bonds is 1. The molecule has 5 aliphatic carbocycles. The standard InChI is InChI=1S/C32H51NO2/c1-27(2)23-12-15-32(7)24(30(23,5)14-13-25(27)34)11-10-21-22-20-29(4,26(35)33(8)9)17-16-28(22,3)18-19-31(21,32)6/h10,22-24H,11-20H2,1-9H3/t22-,23-,24+,28+,29+,30-,31+,32+/m0/s1. The molecule has 3 nitrogen and oxygen atoms in total. The summed E-state index contributed by atoms with van der Waals surface area (Å²) in [6.45, 7) is 17.0. The lowest BCUT2D eigenvalue weighted by molar-refractivity contribution is -0.185. The third kappa shape index (κ3) is 3.14. The average molecular weight is 482 g/mol. The van der Waals surface area contributed by atoms with Crippen molar-refractivity contribution in [2.45, 2.75) is 113 Å². The Morgan fingerprint density at radius 3 is 2.20 bits per heavy atom. The van der Waals surface area contributed by atoms with Gasteiger partial charge >= 0.3 is 0 Å². The van der Waals surface area contributed by atoms with Crippen LogP contribution in [0.1, 0.15) is 113 Å². The van der Waals surface area contributed by atoms with Crippen LogP contribution in [0, 0.1) is 50.2 Å². The van der Waals surface area contributed by atoms with Gasteiger partial charge in [-0.25, -0.2) is 0 Å². The molecule has 0 aromatic rings. The van der Waals surface area contributed by atoms with Crippen molar-refractivity contribution in [3.63, 3.8) is 0 Å². The topological polar surface area (TPSA) is 37.4 Å². The van der Waals surface area contributed by atoms with Crippen LogP contribution in [-0.2, 0) is 9.59 Å². The number of Topliss-reactive ketones (excluding diaryl/α,β-unsaturated/α-hetero) is 1. The molecule has 8 atom stereocenters. The number of hydrogen-bond donors (Lipinski definition) is 0. The zero-order valence-electron chi connectivity index (χ0n) is 24.1. The predicted molar refractivity (Wildman–Crippen MR) is 143 cm³/mol. The molecule has 0 N–H and O–H groups in total. The zero-order chi connectivity index (χ0) is 25.8. The van der Waals surface area contributed by atoms with Crippen LogP contribution in [0.2, 0.25) is 0 Å². The molecule has 0 unspecified atom stereocenters. The molecule has 0 spiro atoms. The van der Waals surface area contributed by atoms with Crippen LogP contribution in [0.15, 0.2) is 11.6 Å². The molecule has 196 valence electrons. The van der Waals surface area contributed by atoms with Gasteiger partial charge in [0.05, 0.1) is 0 Å².